The average molecular weight is 251 g/mol. The lowest BCUT2D eigenvalue weighted by Crippen LogP contribution is -2.08. The highest BCUT2D eigenvalue weighted by molar-refractivity contribution is 7.15. The third-order valence-corrected chi connectivity index (χ3v) is 3.47. The van der Waals surface area contributed by atoms with Gasteiger partial charge >= 0.3 is 0 Å². The Morgan fingerprint density at radius 1 is 1.35 bits per heavy atom. The van der Waals surface area contributed by atoms with E-state index < -0.39 is 0 Å². The van der Waals surface area contributed by atoms with Crippen molar-refractivity contribution in [3.63, 3.8) is 0 Å². The predicted octanol–water partition coefficient (Wildman–Crippen LogP) is 2.77. The molecule has 0 spiro atoms. The summed E-state index contributed by atoms with van der Waals surface area (Å²) in [6.45, 7) is 0.814. The van der Waals surface area contributed by atoms with Crippen molar-refractivity contribution in [1.29, 1.82) is 0 Å². The smallest absolute Gasteiger partial charge is 0.189 e. The molecule has 0 unspecified atom stereocenters. The van der Waals surface area contributed by atoms with Gasteiger partial charge < -0.3 is 10.2 Å². The molecular weight excluding hydrogens is 237 g/mol. The molecule has 3 nitrogen and oxygen atoms in total. The molecule has 90 valence electrons. The first kappa shape index (κ1) is 12.0. The molecule has 0 aliphatic rings. The van der Waals surface area contributed by atoms with Crippen LogP contribution in [0.15, 0.2) is 30.5 Å². The summed E-state index contributed by atoms with van der Waals surface area (Å²) in [5.74, 6) is -0.225. The van der Waals surface area contributed by atoms with Gasteiger partial charge in [0.15, 0.2) is 5.13 Å². The molecule has 0 amide bonds. The number of nitrogens with zero attached hydrogens (tertiary/aromatic N) is 2. The Bertz CT molecular complexity index is 481. The van der Waals surface area contributed by atoms with Crippen molar-refractivity contribution in [1.82, 2.24) is 10.3 Å². The van der Waals surface area contributed by atoms with E-state index in [2.05, 4.69) is 10.3 Å². The highest BCUT2D eigenvalue weighted by Crippen LogP contribution is 2.27. The normalized spacial score (nSPS) is 10.5. The highest BCUT2D eigenvalue weighted by atomic mass is 32.1. The van der Waals surface area contributed by atoms with Crippen LogP contribution in [0.4, 0.5) is 15.2 Å². The van der Waals surface area contributed by atoms with Gasteiger partial charge in [0.25, 0.3) is 0 Å². The van der Waals surface area contributed by atoms with Gasteiger partial charge in [-0.25, -0.2) is 9.37 Å². The quantitative estimate of drug-likeness (QED) is 0.905. The first-order chi connectivity index (χ1) is 8.20. The summed E-state index contributed by atoms with van der Waals surface area (Å²) in [5.41, 5.74) is 0.928. The second kappa shape index (κ2) is 5.25. The van der Waals surface area contributed by atoms with Crippen LogP contribution in [0.3, 0.4) is 0 Å². The van der Waals surface area contributed by atoms with Crippen LogP contribution in [-0.2, 0) is 6.54 Å². The zero-order chi connectivity index (χ0) is 12.3. The van der Waals surface area contributed by atoms with Gasteiger partial charge in [0, 0.05) is 30.4 Å². The first-order valence-corrected chi connectivity index (χ1v) is 6.11. The highest BCUT2D eigenvalue weighted by Gasteiger charge is 2.08. The van der Waals surface area contributed by atoms with Crippen molar-refractivity contribution in [3.05, 3.63) is 41.2 Å². The molecule has 0 saturated heterocycles. The summed E-state index contributed by atoms with van der Waals surface area (Å²) in [7, 11) is 3.83. The van der Waals surface area contributed by atoms with Gasteiger partial charge in [0.2, 0.25) is 0 Å². The predicted molar refractivity (Wildman–Crippen MR) is 69.3 cm³/mol. The van der Waals surface area contributed by atoms with E-state index >= 15 is 0 Å². The van der Waals surface area contributed by atoms with Crippen molar-refractivity contribution in [2.45, 2.75) is 6.54 Å². The van der Waals surface area contributed by atoms with Crippen LogP contribution >= 0.6 is 11.3 Å². The van der Waals surface area contributed by atoms with E-state index in [1.165, 1.54) is 17.0 Å². The number of thiazole rings is 1. The molecule has 0 fully saturated rings. The minimum absolute atomic E-state index is 0.225. The Kier molecular flexibility index (Phi) is 3.71. The second-order valence-electron chi connectivity index (χ2n) is 3.67. The number of aromatic nitrogens is 1. The molecule has 0 atom stereocenters. The summed E-state index contributed by atoms with van der Waals surface area (Å²) < 4.78 is 12.8. The number of halogens is 1. The summed E-state index contributed by atoms with van der Waals surface area (Å²) in [4.78, 5) is 7.47. The molecule has 17 heavy (non-hydrogen) atoms. The van der Waals surface area contributed by atoms with Crippen LogP contribution in [-0.4, -0.2) is 19.1 Å². The molecule has 0 aliphatic carbocycles. The number of nitrogens with one attached hydrogen (secondary N) is 1. The lowest BCUT2D eigenvalue weighted by Gasteiger charge is -2.15. The standard InChI is InChI=1S/C12H14FN3S/c1-14-7-11-8-15-12(17-11)16(2)10-5-3-9(13)4-6-10/h3-6,8,14H,7H2,1-2H3. The summed E-state index contributed by atoms with van der Waals surface area (Å²) in [6.07, 6.45) is 1.86. The Hall–Kier alpha value is -1.46. The maximum Gasteiger partial charge on any atom is 0.189 e. The van der Waals surface area contributed by atoms with Crippen molar-refractivity contribution >= 4 is 22.2 Å². The van der Waals surface area contributed by atoms with E-state index in [0.717, 1.165) is 17.4 Å². The van der Waals surface area contributed by atoms with Crippen molar-refractivity contribution in [2.75, 3.05) is 19.0 Å². The van der Waals surface area contributed by atoms with Gasteiger partial charge in [-0.15, -0.1) is 11.3 Å². The molecule has 2 aromatic rings. The van der Waals surface area contributed by atoms with Crippen LogP contribution in [0.1, 0.15) is 4.88 Å². The van der Waals surface area contributed by atoms with Crippen LogP contribution in [0, 0.1) is 5.82 Å². The van der Waals surface area contributed by atoms with E-state index in [4.69, 9.17) is 0 Å². The first-order valence-electron chi connectivity index (χ1n) is 5.29. The van der Waals surface area contributed by atoms with Crippen molar-refractivity contribution in [3.8, 4) is 0 Å². The number of hydrogen-bond acceptors (Lipinski definition) is 4. The van der Waals surface area contributed by atoms with Gasteiger partial charge in [-0.2, -0.15) is 0 Å². The molecule has 1 aromatic carbocycles. The van der Waals surface area contributed by atoms with Crippen LogP contribution in [0.5, 0.6) is 0 Å². The van der Waals surface area contributed by atoms with Crippen LogP contribution in [0.25, 0.3) is 0 Å². The fourth-order valence-corrected chi connectivity index (χ4v) is 2.39. The zero-order valence-corrected chi connectivity index (χ0v) is 10.6. The second-order valence-corrected chi connectivity index (χ2v) is 4.77. The molecule has 0 bridgehead atoms. The molecule has 0 radical (unpaired) electrons. The molecule has 1 heterocycles. The van der Waals surface area contributed by atoms with Gasteiger partial charge in [0.1, 0.15) is 5.82 Å². The van der Waals surface area contributed by atoms with E-state index in [-0.39, 0.29) is 5.82 Å². The molecule has 1 aromatic heterocycles. The Balaban J connectivity index is 2.18. The minimum atomic E-state index is -0.225. The zero-order valence-electron chi connectivity index (χ0n) is 9.77. The number of benzene rings is 1. The van der Waals surface area contributed by atoms with Crippen molar-refractivity contribution < 1.29 is 4.39 Å². The monoisotopic (exact) mass is 251 g/mol. The van der Waals surface area contributed by atoms with Crippen LogP contribution in [0.2, 0.25) is 0 Å². The summed E-state index contributed by atoms with van der Waals surface area (Å²) in [5, 5.41) is 3.99. The molecular formula is C12H14FN3S. The molecule has 1 N–H and O–H groups in total. The van der Waals surface area contributed by atoms with E-state index in [1.54, 1.807) is 23.5 Å². The van der Waals surface area contributed by atoms with Crippen molar-refractivity contribution in [2.24, 2.45) is 0 Å². The van der Waals surface area contributed by atoms with Gasteiger partial charge in [-0.3, -0.25) is 0 Å². The van der Waals surface area contributed by atoms with E-state index in [1.807, 2.05) is 25.2 Å². The third-order valence-electron chi connectivity index (χ3n) is 2.39. The fourth-order valence-electron chi connectivity index (χ4n) is 1.48. The minimum Gasteiger partial charge on any atom is -0.321 e. The number of anilines is 2. The fraction of sp³-hybridized carbons (Fsp3) is 0.250. The van der Waals surface area contributed by atoms with Gasteiger partial charge in [-0.1, -0.05) is 0 Å². The third kappa shape index (κ3) is 2.81. The largest absolute Gasteiger partial charge is 0.321 e. The lowest BCUT2D eigenvalue weighted by molar-refractivity contribution is 0.628. The Labute approximate surface area is 104 Å². The maximum absolute atomic E-state index is 12.8. The maximum atomic E-state index is 12.8. The van der Waals surface area contributed by atoms with E-state index in [9.17, 15) is 4.39 Å². The molecule has 2 rings (SSSR count). The average Bonchev–Trinajstić information content (AvgIpc) is 2.78. The summed E-state index contributed by atoms with van der Waals surface area (Å²) >= 11 is 1.62. The van der Waals surface area contributed by atoms with Crippen LogP contribution < -0.4 is 10.2 Å². The summed E-state index contributed by atoms with van der Waals surface area (Å²) in [6, 6.07) is 6.39. The van der Waals surface area contributed by atoms with Gasteiger partial charge in [-0.05, 0) is 31.3 Å². The molecule has 0 saturated carbocycles. The Morgan fingerprint density at radius 3 is 2.71 bits per heavy atom. The topological polar surface area (TPSA) is 28.2 Å². The SMILES string of the molecule is CNCc1cnc(N(C)c2ccc(F)cc2)s1. The molecule has 5 heteroatoms. The molecule has 0 aliphatic heterocycles. The number of rotatable bonds is 4. The van der Waals surface area contributed by atoms with Gasteiger partial charge in [0.05, 0.1) is 0 Å². The lowest BCUT2D eigenvalue weighted by atomic mass is 10.3. The Morgan fingerprint density at radius 2 is 2.06 bits per heavy atom. The van der Waals surface area contributed by atoms with E-state index in [0.29, 0.717) is 0 Å². The number of hydrogen-bond donors (Lipinski definition) is 1.